The fourth-order valence-corrected chi connectivity index (χ4v) is 2.53. The normalized spacial score (nSPS) is 12.6. The third-order valence-corrected chi connectivity index (χ3v) is 3.82. The molecular weight excluding hydrogens is 316 g/mol. The molecule has 1 aliphatic rings. The van der Waals surface area contributed by atoms with E-state index >= 15 is 0 Å². The highest BCUT2D eigenvalue weighted by Gasteiger charge is 2.15. The number of ether oxygens (including phenoxy) is 3. The zero-order chi connectivity index (χ0) is 16.2. The summed E-state index contributed by atoms with van der Waals surface area (Å²) in [5.74, 6) is 2.23. The van der Waals surface area contributed by atoms with Crippen molar-refractivity contribution in [1.82, 2.24) is 0 Å². The van der Waals surface area contributed by atoms with Crippen LogP contribution < -0.4 is 14.2 Å². The van der Waals surface area contributed by atoms with Gasteiger partial charge in [-0.15, -0.1) is 11.6 Å². The SMILES string of the molecule is COc1ccc(/C=C/C(=O)c2ccc3c(c2)OCO3)cc1CCl. The molecule has 0 N–H and O–H groups in total. The Hall–Kier alpha value is -2.46. The second kappa shape index (κ2) is 6.75. The summed E-state index contributed by atoms with van der Waals surface area (Å²) in [6.45, 7) is 0.190. The summed E-state index contributed by atoms with van der Waals surface area (Å²) in [4.78, 5) is 12.3. The Kier molecular flexibility index (Phi) is 4.53. The van der Waals surface area contributed by atoms with Crippen molar-refractivity contribution in [2.24, 2.45) is 0 Å². The quantitative estimate of drug-likeness (QED) is 0.471. The van der Waals surface area contributed by atoms with E-state index in [1.165, 1.54) is 6.08 Å². The summed E-state index contributed by atoms with van der Waals surface area (Å²) < 4.78 is 15.7. The molecule has 2 aromatic rings. The van der Waals surface area contributed by atoms with Gasteiger partial charge in [0.2, 0.25) is 6.79 Å². The van der Waals surface area contributed by atoms with Gasteiger partial charge in [0.05, 0.1) is 13.0 Å². The van der Waals surface area contributed by atoms with E-state index in [-0.39, 0.29) is 12.6 Å². The molecular formula is C18H15ClO4. The van der Waals surface area contributed by atoms with Gasteiger partial charge in [-0.25, -0.2) is 0 Å². The van der Waals surface area contributed by atoms with E-state index in [0.29, 0.717) is 22.9 Å². The predicted octanol–water partition coefficient (Wildman–Crippen LogP) is 4.06. The Bertz CT molecular complexity index is 768. The summed E-state index contributed by atoms with van der Waals surface area (Å²) in [5, 5.41) is 0. The highest BCUT2D eigenvalue weighted by Crippen LogP contribution is 2.32. The minimum absolute atomic E-state index is 0.105. The average molecular weight is 331 g/mol. The number of hydrogen-bond donors (Lipinski definition) is 0. The van der Waals surface area contributed by atoms with Crippen LogP contribution in [0, 0.1) is 0 Å². The first-order valence-electron chi connectivity index (χ1n) is 7.06. The van der Waals surface area contributed by atoms with Crippen molar-refractivity contribution >= 4 is 23.5 Å². The largest absolute Gasteiger partial charge is 0.496 e. The van der Waals surface area contributed by atoms with Crippen molar-refractivity contribution in [3.05, 3.63) is 59.2 Å². The molecule has 1 heterocycles. The molecule has 0 aliphatic carbocycles. The molecule has 0 amide bonds. The molecule has 0 saturated heterocycles. The lowest BCUT2D eigenvalue weighted by Crippen LogP contribution is -1.95. The van der Waals surface area contributed by atoms with Crippen molar-refractivity contribution < 1.29 is 19.0 Å². The lowest BCUT2D eigenvalue weighted by molar-refractivity contribution is 0.104. The first kappa shape index (κ1) is 15.4. The van der Waals surface area contributed by atoms with Crippen LogP contribution in [0.4, 0.5) is 0 Å². The van der Waals surface area contributed by atoms with Crippen LogP contribution in [0.2, 0.25) is 0 Å². The van der Waals surface area contributed by atoms with E-state index in [0.717, 1.165) is 16.9 Å². The number of benzene rings is 2. The molecule has 4 nitrogen and oxygen atoms in total. The fraction of sp³-hybridized carbons (Fsp3) is 0.167. The van der Waals surface area contributed by atoms with Gasteiger partial charge >= 0.3 is 0 Å². The number of allylic oxidation sites excluding steroid dienone is 1. The second-order valence-corrected chi connectivity index (χ2v) is 5.24. The van der Waals surface area contributed by atoms with Gasteiger partial charge in [0, 0.05) is 11.1 Å². The molecule has 0 atom stereocenters. The maximum Gasteiger partial charge on any atom is 0.231 e. The number of alkyl halides is 1. The van der Waals surface area contributed by atoms with Crippen LogP contribution in [0.15, 0.2) is 42.5 Å². The molecule has 0 bridgehead atoms. The number of rotatable bonds is 5. The number of carbonyl (C=O) groups excluding carboxylic acids is 1. The Morgan fingerprint density at radius 1 is 1.22 bits per heavy atom. The Labute approximate surface area is 139 Å². The average Bonchev–Trinajstić information content (AvgIpc) is 3.06. The molecule has 23 heavy (non-hydrogen) atoms. The first-order chi connectivity index (χ1) is 11.2. The highest BCUT2D eigenvalue weighted by molar-refractivity contribution is 6.17. The van der Waals surface area contributed by atoms with Crippen LogP contribution in [0.3, 0.4) is 0 Å². The molecule has 0 unspecified atom stereocenters. The van der Waals surface area contributed by atoms with E-state index in [1.807, 2.05) is 18.2 Å². The smallest absolute Gasteiger partial charge is 0.231 e. The molecule has 5 heteroatoms. The van der Waals surface area contributed by atoms with Gasteiger partial charge in [-0.2, -0.15) is 0 Å². The number of fused-ring (bicyclic) bond motifs is 1. The molecule has 2 aromatic carbocycles. The third-order valence-electron chi connectivity index (χ3n) is 3.53. The molecule has 0 saturated carbocycles. The predicted molar refractivity (Wildman–Crippen MR) is 88.5 cm³/mol. The zero-order valence-electron chi connectivity index (χ0n) is 12.5. The first-order valence-corrected chi connectivity index (χ1v) is 7.59. The van der Waals surface area contributed by atoms with E-state index in [9.17, 15) is 4.79 Å². The number of hydrogen-bond acceptors (Lipinski definition) is 4. The Morgan fingerprint density at radius 2 is 2.04 bits per heavy atom. The lowest BCUT2D eigenvalue weighted by Gasteiger charge is -2.06. The standard InChI is InChI=1S/C18H15ClO4/c1-21-16-6-3-12(8-14(16)10-19)2-5-15(20)13-4-7-17-18(9-13)23-11-22-17/h2-9H,10-11H2,1H3/b5-2+. The maximum atomic E-state index is 12.3. The molecule has 0 radical (unpaired) electrons. The number of carbonyl (C=O) groups is 1. The lowest BCUT2D eigenvalue weighted by atomic mass is 10.1. The summed E-state index contributed by atoms with van der Waals surface area (Å²) in [6, 6.07) is 10.8. The summed E-state index contributed by atoms with van der Waals surface area (Å²) in [7, 11) is 1.60. The topological polar surface area (TPSA) is 44.8 Å². The van der Waals surface area contributed by atoms with Gasteiger partial charge in [-0.1, -0.05) is 12.1 Å². The molecule has 0 aromatic heterocycles. The van der Waals surface area contributed by atoms with Crippen molar-refractivity contribution in [3.8, 4) is 17.2 Å². The third kappa shape index (κ3) is 3.32. The molecule has 0 fully saturated rings. The fourth-order valence-electron chi connectivity index (χ4n) is 2.32. The summed E-state index contributed by atoms with van der Waals surface area (Å²) in [5.41, 5.74) is 2.32. The number of halogens is 1. The maximum absolute atomic E-state index is 12.3. The molecule has 118 valence electrons. The van der Waals surface area contributed by atoms with Gasteiger partial charge in [0.15, 0.2) is 17.3 Å². The van der Waals surface area contributed by atoms with E-state index in [2.05, 4.69) is 0 Å². The van der Waals surface area contributed by atoms with Gasteiger partial charge in [0.25, 0.3) is 0 Å². The van der Waals surface area contributed by atoms with Gasteiger partial charge < -0.3 is 14.2 Å². The van der Waals surface area contributed by atoms with Crippen LogP contribution in [-0.2, 0) is 5.88 Å². The van der Waals surface area contributed by atoms with Gasteiger partial charge in [-0.3, -0.25) is 4.79 Å². The monoisotopic (exact) mass is 330 g/mol. The van der Waals surface area contributed by atoms with E-state index in [1.54, 1.807) is 31.4 Å². The minimum Gasteiger partial charge on any atom is -0.496 e. The van der Waals surface area contributed by atoms with Crippen molar-refractivity contribution in [1.29, 1.82) is 0 Å². The van der Waals surface area contributed by atoms with Crippen molar-refractivity contribution in [2.75, 3.05) is 13.9 Å². The van der Waals surface area contributed by atoms with Crippen LogP contribution >= 0.6 is 11.6 Å². The minimum atomic E-state index is -0.105. The number of ketones is 1. The van der Waals surface area contributed by atoms with Crippen molar-refractivity contribution in [3.63, 3.8) is 0 Å². The Morgan fingerprint density at radius 3 is 2.83 bits per heavy atom. The van der Waals surface area contributed by atoms with E-state index < -0.39 is 0 Å². The number of methoxy groups -OCH3 is 1. The van der Waals surface area contributed by atoms with Crippen LogP contribution in [0.5, 0.6) is 17.2 Å². The van der Waals surface area contributed by atoms with Crippen LogP contribution in [0.1, 0.15) is 21.5 Å². The highest BCUT2D eigenvalue weighted by atomic mass is 35.5. The van der Waals surface area contributed by atoms with E-state index in [4.69, 9.17) is 25.8 Å². The molecule has 3 rings (SSSR count). The molecule has 0 spiro atoms. The second-order valence-electron chi connectivity index (χ2n) is 4.97. The van der Waals surface area contributed by atoms with Gasteiger partial charge in [-0.05, 0) is 42.0 Å². The van der Waals surface area contributed by atoms with Crippen molar-refractivity contribution in [2.45, 2.75) is 5.88 Å². The zero-order valence-corrected chi connectivity index (χ0v) is 13.3. The van der Waals surface area contributed by atoms with Crippen LogP contribution in [-0.4, -0.2) is 19.7 Å². The van der Waals surface area contributed by atoms with Gasteiger partial charge in [0.1, 0.15) is 5.75 Å². The van der Waals surface area contributed by atoms with Crippen LogP contribution in [0.25, 0.3) is 6.08 Å². The summed E-state index contributed by atoms with van der Waals surface area (Å²) in [6.07, 6.45) is 3.28. The summed E-state index contributed by atoms with van der Waals surface area (Å²) >= 11 is 5.90. The molecule has 1 aliphatic heterocycles. The Balaban J connectivity index is 1.78.